The number of rotatable bonds is 6. The van der Waals surface area contributed by atoms with E-state index in [4.69, 9.17) is 10.2 Å². The summed E-state index contributed by atoms with van der Waals surface area (Å²) in [5.74, 6) is -2.00. The summed E-state index contributed by atoms with van der Waals surface area (Å²) in [7, 11) is 0. The third-order valence-corrected chi connectivity index (χ3v) is 1.70. The van der Waals surface area contributed by atoms with Crippen molar-refractivity contribution in [3.63, 3.8) is 0 Å². The van der Waals surface area contributed by atoms with Gasteiger partial charge >= 0.3 is 71.1 Å². The second kappa shape index (κ2) is 12.0. The van der Waals surface area contributed by atoms with Gasteiger partial charge in [-0.1, -0.05) is 13.3 Å². The van der Waals surface area contributed by atoms with Crippen LogP contribution in [0.5, 0.6) is 0 Å². The van der Waals surface area contributed by atoms with E-state index < -0.39 is 11.9 Å². The summed E-state index contributed by atoms with van der Waals surface area (Å²) in [5, 5.41) is 16.7. The Hall–Kier alpha value is 0.940. The summed E-state index contributed by atoms with van der Waals surface area (Å²) < 4.78 is 0. The zero-order valence-electron chi connectivity index (χ0n) is 11.1. The molecule has 4 nitrogen and oxygen atoms in total. The molecular formula is C8H16Na2O4. The van der Waals surface area contributed by atoms with Crippen LogP contribution in [0.4, 0.5) is 0 Å². The fourth-order valence-electron chi connectivity index (χ4n) is 0.850. The van der Waals surface area contributed by atoms with Gasteiger partial charge in [0.25, 0.3) is 0 Å². The van der Waals surface area contributed by atoms with Crippen LogP contribution in [0.3, 0.4) is 0 Å². The van der Waals surface area contributed by atoms with Gasteiger partial charge < -0.3 is 13.1 Å². The minimum absolute atomic E-state index is 0. The van der Waals surface area contributed by atoms with Crippen LogP contribution in [0.1, 0.15) is 35.5 Å². The molecule has 0 aromatic rings. The molecule has 0 aromatic heterocycles. The van der Waals surface area contributed by atoms with Crippen LogP contribution in [0.15, 0.2) is 0 Å². The van der Waals surface area contributed by atoms with Crippen molar-refractivity contribution in [3.05, 3.63) is 0 Å². The Balaban J connectivity index is -0.000000101. The van der Waals surface area contributed by atoms with E-state index in [0.717, 1.165) is 0 Å². The maximum absolute atomic E-state index is 10.3. The molecule has 0 spiro atoms. The van der Waals surface area contributed by atoms with Gasteiger partial charge in [-0.3, -0.25) is 9.59 Å². The van der Waals surface area contributed by atoms with Crippen molar-refractivity contribution in [3.8, 4) is 0 Å². The van der Waals surface area contributed by atoms with Crippen LogP contribution in [0.2, 0.25) is 0 Å². The van der Waals surface area contributed by atoms with Crippen molar-refractivity contribution >= 4 is 11.9 Å². The fourth-order valence-corrected chi connectivity index (χ4v) is 0.850. The van der Waals surface area contributed by atoms with Crippen molar-refractivity contribution in [2.24, 2.45) is 5.92 Å². The molecule has 0 radical (unpaired) electrons. The standard InChI is InChI=1S/C8H14O4.2Na.2H/c1-6(8(11)12)4-2-3-5-7(9)10;;;;/h6H,2-5H2,1H3,(H,9,10)(H,11,12);;;;/q;2*+1;2*-1. The van der Waals surface area contributed by atoms with E-state index in [1.54, 1.807) is 6.92 Å². The number of hydrogen-bond donors (Lipinski definition) is 2. The Morgan fingerprint density at radius 1 is 1.21 bits per heavy atom. The Morgan fingerprint density at radius 2 is 1.71 bits per heavy atom. The molecule has 0 fully saturated rings. The first-order chi connectivity index (χ1) is 5.54. The summed E-state index contributed by atoms with van der Waals surface area (Å²) in [6, 6.07) is 0. The first-order valence-electron chi connectivity index (χ1n) is 3.98. The van der Waals surface area contributed by atoms with Gasteiger partial charge in [0.2, 0.25) is 0 Å². The SMILES string of the molecule is CC(CCCCC(=O)O)C(=O)O.[H-].[H-].[Na+].[Na+]. The van der Waals surface area contributed by atoms with Gasteiger partial charge in [-0.15, -0.1) is 0 Å². The van der Waals surface area contributed by atoms with Crippen molar-refractivity contribution in [2.75, 3.05) is 0 Å². The zero-order chi connectivity index (χ0) is 9.56. The van der Waals surface area contributed by atoms with Crippen LogP contribution in [0, 0.1) is 5.92 Å². The van der Waals surface area contributed by atoms with Crippen molar-refractivity contribution in [1.82, 2.24) is 0 Å². The van der Waals surface area contributed by atoms with Crippen LogP contribution in [0.25, 0.3) is 0 Å². The molecule has 0 aromatic carbocycles. The van der Waals surface area contributed by atoms with E-state index in [0.29, 0.717) is 19.3 Å². The van der Waals surface area contributed by atoms with Gasteiger partial charge in [0.15, 0.2) is 0 Å². The molecule has 0 aliphatic rings. The molecule has 6 heteroatoms. The molecule has 1 atom stereocenters. The molecule has 74 valence electrons. The quantitative estimate of drug-likeness (QED) is 0.351. The molecule has 0 saturated carbocycles. The number of carboxylic acids is 2. The molecule has 1 unspecified atom stereocenters. The minimum atomic E-state index is -0.821. The zero-order valence-corrected chi connectivity index (χ0v) is 13.1. The molecule has 0 saturated heterocycles. The van der Waals surface area contributed by atoms with Crippen molar-refractivity contribution in [1.29, 1.82) is 0 Å². The summed E-state index contributed by atoms with van der Waals surface area (Å²) in [4.78, 5) is 20.4. The second-order valence-electron chi connectivity index (χ2n) is 2.88. The molecule has 14 heavy (non-hydrogen) atoms. The first kappa shape index (κ1) is 20.4. The number of carboxylic acid groups (broad SMARTS) is 2. The second-order valence-corrected chi connectivity index (χ2v) is 2.88. The number of hydrogen-bond acceptors (Lipinski definition) is 2. The van der Waals surface area contributed by atoms with Gasteiger partial charge in [0.1, 0.15) is 0 Å². The third kappa shape index (κ3) is 12.9. The summed E-state index contributed by atoms with van der Waals surface area (Å²) in [6.07, 6.45) is 1.92. The summed E-state index contributed by atoms with van der Waals surface area (Å²) in [5.41, 5.74) is 0. The predicted molar refractivity (Wildman–Crippen MR) is 45.1 cm³/mol. The van der Waals surface area contributed by atoms with Gasteiger partial charge in [-0.25, -0.2) is 0 Å². The summed E-state index contributed by atoms with van der Waals surface area (Å²) >= 11 is 0. The average molecular weight is 222 g/mol. The van der Waals surface area contributed by atoms with Crippen molar-refractivity contribution in [2.45, 2.75) is 32.6 Å². The number of carbonyl (C=O) groups is 2. The Kier molecular flexibility index (Phi) is 17.5. The maximum atomic E-state index is 10.3. The molecule has 0 bridgehead atoms. The van der Waals surface area contributed by atoms with E-state index in [-0.39, 0.29) is 74.3 Å². The fraction of sp³-hybridized carbons (Fsp3) is 0.750. The van der Waals surface area contributed by atoms with Crippen LogP contribution >= 0.6 is 0 Å². The van der Waals surface area contributed by atoms with Gasteiger partial charge in [0, 0.05) is 6.42 Å². The van der Waals surface area contributed by atoms with E-state index in [2.05, 4.69) is 0 Å². The predicted octanol–water partition coefficient (Wildman–Crippen LogP) is -4.41. The minimum Gasteiger partial charge on any atom is -1.00 e. The molecule has 0 aliphatic heterocycles. The monoisotopic (exact) mass is 222 g/mol. The molecule has 0 amide bonds. The molecular weight excluding hydrogens is 206 g/mol. The van der Waals surface area contributed by atoms with Crippen LogP contribution in [-0.2, 0) is 9.59 Å². The third-order valence-electron chi connectivity index (χ3n) is 1.70. The Labute approximate surface area is 131 Å². The van der Waals surface area contributed by atoms with Gasteiger partial charge in [-0.2, -0.15) is 0 Å². The van der Waals surface area contributed by atoms with E-state index in [9.17, 15) is 9.59 Å². The average Bonchev–Trinajstić information content (AvgIpc) is 1.97. The topological polar surface area (TPSA) is 74.6 Å². The van der Waals surface area contributed by atoms with E-state index >= 15 is 0 Å². The normalized spacial score (nSPS) is 10.6. The molecule has 0 heterocycles. The largest absolute Gasteiger partial charge is 1.00 e. The van der Waals surface area contributed by atoms with Crippen LogP contribution < -0.4 is 59.1 Å². The summed E-state index contributed by atoms with van der Waals surface area (Å²) in [6.45, 7) is 1.63. The van der Waals surface area contributed by atoms with Crippen molar-refractivity contribution < 1.29 is 81.8 Å². The van der Waals surface area contributed by atoms with E-state index in [1.807, 2.05) is 0 Å². The molecule has 2 N–H and O–H groups in total. The molecule has 0 aliphatic carbocycles. The number of unbranched alkanes of at least 4 members (excludes halogenated alkanes) is 1. The maximum Gasteiger partial charge on any atom is 1.00 e. The Morgan fingerprint density at radius 3 is 2.07 bits per heavy atom. The van der Waals surface area contributed by atoms with Crippen LogP contribution in [-0.4, -0.2) is 22.2 Å². The van der Waals surface area contributed by atoms with Gasteiger partial charge in [0.05, 0.1) is 5.92 Å². The molecule has 0 rings (SSSR count). The van der Waals surface area contributed by atoms with E-state index in [1.165, 1.54) is 0 Å². The Bertz CT molecular complexity index is 181. The first-order valence-corrected chi connectivity index (χ1v) is 3.98. The van der Waals surface area contributed by atoms with Gasteiger partial charge in [-0.05, 0) is 12.8 Å². The number of aliphatic carboxylic acids is 2. The smallest absolute Gasteiger partial charge is 1.00 e.